The second kappa shape index (κ2) is 3.71. The van der Waals surface area contributed by atoms with Crippen molar-refractivity contribution in [1.82, 2.24) is 20.4 Å². The van der Waals surface area contributed by atoms with Crippen LogP contribution >= 0.6 is 0 Å². The lowest BCUT2D eigenvalue weighted by Crippen LogP contribution is -2.44. The molecular weight excluding hydrogens is 176 g/mol. The Morgan fingerprint density at radius 2 is 2.21 bits per heavy atom. The van der Waals surface area contributed by atoms with Crippen LogP contribution in [0.3, 0.4) is 0 Å². The molecule has 0 amide bonds. The molecule has 2 N–H and O–H groups in total. The Morgan fingerprint density at radius 3 is 2.71 bits per heavy atom. The zero-order valence-electron chi connectivity index (χ0n) is 9.09. The zero-order valence-corrected chi connectivity index (χ0v) is 9.09. The molecule has 0 aromatic carbocycles. The topological polar surface area (TPSA) is 41.9 Å². The van der Waals surface area contributed by atoms with Gasteiger partial charge in [-0.05, 0) is 20.9 Å². The predicted octanol–water partition coefficient (Wildman–Crippen LogP) is 0.364. The fourth-order valence-corrected chi connectivity index (χ4v) is 1.93. The highest BCUT2D eigenvalue weighted by Gasteiger charge is 2.23. The minimum Gasteiger partial charge on any atom is -0.316 e. The fraction of sp³-hybridized carbons (Fsp3) is 0.700. The first-order valence-corrected chi connectivity index (χ1v) is 5.14. The van der Waals surface area contributed by atoms with Crippen molar-refractivity contribution in [1.29, 1.82) is 0 Å². The van der Waals surface area contributed by atoms with E-state index in [1.54, 1.807) is 0 Å². The summed E-state index contributed by atoms with van der Waals surface area (Å²) in [5.74, 6) is 0. The Bertz CT molecular complexity index is 325. The summed E-state index contributed by atoms with van der Waals surface area (Å²) in [6.45, 7) is 7.27. The van der Waals surface area contributed by atoms with E-state index in [2.05, 4.69) is 34.3 Å². The Kier molecular flexibility index (Phi) is 2.56. The molecule has 2 heterocycles. The van der Waals surface area contributed by atoms with Gasteiger partial charge in [-0.2, -0.15) is 5.10 Å². The van der Waals surface area contributed by atoms with Gasteiger partial charge in [0.05, 0.1) is 11.7 Å². The lowest BCUT2D eigenvalue weighted by atomic mass is 10.1. The molecule has 4 nitrogen and oxygen atoms in total. The molecule has 0 saturated carbocycles. The third kappa shape index (κ3) is 1.44. The summed E-state index contributed by atoms with van der Waals surface area (Å²) in [5, 5.41) is 11.0. The molecule has 0 atom stereocenters. The first-order valence-electron chi connectivity index (χ1n) is 5.14. The highest BCUT2D eigenvalue weighted by Crippen LogP contribution is 2.19. The molecule has 1 aromatic heterocycles. The standard InChI is InChI=1S/C10H18N4/c1-7-10(6-11-3)8(2)14(13-7)9-4-12-5-9/h9,11-12H,4-6H2,1-3H3. The van der Waals surface area contributed by atoms with Crippen LogP contribution in [-0.4, -0.2) is 29.9 Å². The SMILES string of the molecule is CNCc1c(C)nn(C2CNC2)c1C. The van der Waals surface area contributed by atoms with Crippen molar-refractivity contribution in [3.63, 3.8) is 0 Å². The van der Waals surface area contributed by atoms with Gasteiger partial charge in [0.15, 0.2) is 0 Å². The van der Waals surface area contributed by atoms with Crippen molar-refractivity contribution < 1.29 is 0 Å². The van der Waals surface area contributed by atoms with Gasteiger partial charge in [0.1, 0.15) is 0 Å². The Morgan fingerprint density at radius 1 is 1.50 bits per heavy atom. The maximum absolute atomic E-state index is 4.59. The van der Waals surface area contributed by atoms with E-state index < -0.39 is 0 Å². The van der Waals surface area contributed by atoms with Crippen LogP contribution in [0.1, 0.15) is 23.0 Å². The number of rotatable bonds is 3. The summed E-state index contributed by atoms with van der Waals surface area (Å²) in [4.78, 5) is 0. The van der Waals surface area contributed by atoms with E-state index in [1.165, 1.54) is 11.3 Å². The van der Waals surface area contributed by atoms with Gasteiger partial charge in [0.25, 0.3) is 0 Å². The second-order valence-electron chi connectivity index (χ2n) is 3.94. The number of hydrogen-bond acceptors (Lipinski definition) is 3. The van der Waals surface area contributed by atoms with E-state index in [-0.39, 0.29) is 0 Å². The number of hydrogen-bond donors (Lipinski definition) is 2. The lowest BCUT2D eigenvalue weighted by Gasteiger charge is -2.28. The van der Waals surface area contributed by atoms with Crippen molar-refractivity contribution in [3.8, 4) is 0 Å². The van der Waals surface area contributed by atoms with Crippen LogP contribution in [0.2, 0.25) is 0 Å². The van der Waals surface area contributed by atoms with Gasteiger partial charge < -0.3 is 10.6 Å². The summed E-state index contributed by atoms with van der Waals surface area (Å²) in [7, 11) is 1.97. The maximum atomic E-state index is 4.59. The minimum atomic E-state index is 0.569. The third-order valence-corrected chi connectivity index (χ3v) is 2.93. The van der Waals surface area contributed by atoms with Crippen molar-refractivity contribution >= 4 is 0 Å². The first kappa shape index (κ1) is 9.68. The molecule has 2 rings (SSSR count). The average molecular weight is 194 g/mol. The maximum Gasteiger partial charge on any atom is 0.0771 e. The Hall–Kier alpha value is -0.870. The average Bonchev–Trinajstić information content (AvgIpc) is 2.31. The molecule has 14 heavy (non-hydrogen) atoms. The van der Waals surface area contributed by atoms with Crippen LogP contribution in [0.15, 0.2) is 0 Å². The molecule has 1 fully saturated rings. The molecule has 0 unspecified atom stereocenters. The zero-order chi connectivity index (χ0) is 10.1. The molecule has 0 spiro atoms. The van der Waals surface area contributed by atoms with Crippen LogP contribution in [0.25, 0.3) is 0 Å². The normalized spacial score (nSPS) is 17.1. The lowest BCUT2D eigenvalue weighted by molar-refractivity contribution is 0.312. The largest absolute Gasteiger partial charge is 0.316 e. The molecular formula is C10H18N4. The van der Waals surface area contributed by atoms with E-state index in [9.17, 15) is 0 Å². The summed E-state index contributed by atoms with van der Waals surface area (Å²) in [6.07, 6.45) is 0. The number of aryl methyl sites for hydroxylation is 1. The van der Waals surface area contributed by atoms with Crippen molar-refractivity contribution in [3.05, 3.63) is 17.0 Å². The minimum absolute atomic E-state index is 0.569. The Balaban J connectivity index is 2.28. The molecule has 0 bridgehead atoms. The van der Waals surface area contributed by atoms with Gasteiger partial charge in [-0.15, -0.1) is 0 Å². The van der Waals surface area contributed by atoms with Crippen molar-refractivity contribution in [2.24, 2.45) is 0 Å². The van der Waals surface area contributed by atoms with E-state index >= 15 is 0 Å². The van der Waals surface area contributed by atoms with Crippen LogP contribution in [0.5, 0.6) is 0 Å². The molecule has 4 heteroatoms. The van der Waals surface area contributed by atoms with Gasteiger partial charge in [-0.1, -0.05) is 0 Å². The number of aromatic nitrogens is 2. The Labute approximate surface area is 84.7 Å². The van der Waals surface area contributed by atoms with Gasteiger partial charge in [-0.3, -0.25) is 4.68 Å². The number of nitrogens with zero attached hydrogens (tertiary/aromatic N) is 2. The second-order valence-corrected chi connectivity index (χ2v) is 3.94. The van der Waals surface area contributed by atoms with E-state index in [1.807, 2.05) is 7.05 Å². The highest BCUT2D eigenvalue weighted by molar-refractivity contribution is 5.25. The summed E-state index contributed by atoms with van der Waals surface area (Å²) >= 11 is 0. The summed E-state index contributed by atoms with van der Waals surface area (Å²) in [6, 6.07) is 0.569. The molecule has 0 aliphatic carbocycles. The quantitative estimate of drug-likeness (QED) is 0.730. The first-order chi connectivity index (χ1) is 6.74. The highest BCUT2D eigenvalue weighted by atomic mass is 15.3. The van der Waals surface area contributed by atoms with Crippen LogP contribution in [0, 0.1) is 13.8 Å². The monoisotopic (exact) mass is 194 g/mol. The van der Waals surface area contributed by atoms with Gasteiger partial charge in [0.2, 0.25) is 0 Å². The molecule has 1 aliphatic rings. The van der Waals surface area contributed by atoms with Gasteiger partial charge >= 0.3 is 0 Å². The van der Waals surface area contributed by atoms with Crippen molar-refractivity contribution in [2.75, 3.05) is 20.1 Å². The smallest absolute Gasteiger partial charge is 0.0771 e. The summed E-state index contributed by atoms with van der Waals surface area (Å²) < 4.78 is 2.17. The third-order valence-electron chi connectivity index (χ3n) is 2.93. The molecule has 78 valence electrons. The van der Waals surface area contributed by atoms with Crippen LogP contribution < -0.4 is 10.6 Å². The van der Waals surface area contributed by atoms with Gasteiger partial charge in [-0.25, -0.2) is 0 Å². The van der Waals surface area contributed by atoms with E-state index in [0.29, 0.717) is 6.04 Å². The molecule has 1 aliphatic heterocycles. The molecule has 0 radical (unpaired) electrons. The summed E-state index contributed by atoms with van der Waals surface area (Å²) in [5.41, 5.74) is 3.81. The predicted molar refractivity (Wildman–Crippen MR) is 56.4 cm³/mol. The van der Waals surface area contributed by atoms with E-state index in [0.717, 1.165) is 25.3 Å². The van der Waals surface area contributed by atoms with Gasteiger partial charge in [0, 0.05) is 30.9 Å². The van der Waals surface area contributed by atoms with Crippen LogP contribution in [0.4, 0.5) is 0 Å². The van der Waals surface area contributed by atoms with Crippen molar-refractivity contribution in [2.45, 2.75) is 26.4 Å². The molecule has 1 saturated heterocycles. The van der Waals surface area contributed by atoms with Crippen LogP contribution in [-0.2, 0) is 6.54 Å². The molecule has 1 aromatic rings. The number of nitrogens with one attached hydrogen (secondary N) is 2. The fourth-order valence-electron chi connectivity index (χ4n) is 1.93. The van der Waals surface area contributed by atoms with E-state index in [4.69, 9.17) is 0 Å².